The minimum Gasteiger partial charge on any atom is -0.478 e. The van der Waals surface area contributed by atoms with Gasteiger partial charge in [0.1, 0.15) is 11.6 Å². The fraction of sp³-hybridized carbons (Fsp3) is 0.0714. The Morgan fingerprint density at radius 3 is 2.65 bits per heavy atom. The van der Waals surface area contributed by atoms with E-state index in [-0.39, 0.29) is 23.4 Å². The minimum absolute atomic E-state index is 0.00575. The molecular weight excluding hydrogens is 288 g/mol. The predicted molar refractivity (Wildman–Crippen MR) is 72.1 cm³/mol. The molecular formula is C14H10ClF2NO2. The first-order valence-electron chi connectivity index (χ1n) is 5.68. The third-order valence-electron chi connectivity index (χ3n) is 2.69. The molecule has 0 bridgehead atoms. The van der Waals surface area contributed by atoms with E-state index in [4.69, 9.17) is 16.7 Å². The van der Waals surface area contributed by atoms with Gasteiger partial charge in [-0.15, -0.1) is 0 Å². The van der Waals surface area contributed by atoms with Crippen molar-refractivity contribution in [3.63, 3.8) is 0 Å². The maximum Gasteiger partial charge on any atom is 0.337 e. The highest BCUT2D eigenvalue weighted by Gasteiger charge is 2.11. The number of benzene rings is 2. The van der Waals surface area contributed by atoms with Crippen LogP contribution in [0.5, 0.6) is 0 Å². The summed E-state index contributed by atoms with van der Waals surface area (Å²) in [4.78, 5) is 11.0. The van der Waals surface area contributed by atoms with Crippen LogP contribution in [0.3, 0.4) is 0 Å². The zero-order valence-electron chi connectivity index (χ0n) is 10.2. The summed E-state index contributed by atoms with van der Waals surface area (Å²) in [6, 6.07) is 7.28. The van der Waals surface area contributed by atoms with Crippen molar-refractivity contribution in [3.8, 4) is 0 Å². The Labute approximate surface area is 118 Å². The first-order valence-corrected chi connectivity index (χ1v) is 6.06. The standard InChI is InChI=1S/C14H10ClF2NO2/c15-9-1-3-11(14(19)20)13(6-9)18-7-8-5-10(16)2-4-12(8)17/h1-6,18H,7H2,(H,19,20). The Balaban J connectivity index is 2.24. The fourth-order valence-corrected chi connectivity index (χ4v) is 1.89. The highest BCUT2D eigenvalue weighted by atomic mass is 35.5. The molecule has 0 spiro atoms. The van der Waals surface area contributed by atoms with Gasteiger partial charge in [-0.25, -0.2) is 13.6 Å². The van der Waals surface area contributed by atoms with Gasteiger partial charge in [-0.05, 0) is 36.4 Å². The number of carboxylic acids is 1. The number of rotatable bonds is 4. The summed E-state index contributed by atoms with van der Waals surface area (Å²) in [5, 5.41) is 12.1. The van der Waals surface area contributed by atoms with E-state index in [1.807, 2.05) is 0 Å². The van der Waals surface area contributed by atoms with Crippen molar-refractivity contribution in [1.29, 1.82) is 0 Å². The first kappa shape index (κ1) is 14.3. The lowest BCUT2D eigenvalue weighted by Crippen LogP contribution is -2.07. The quantitative estimate of drug-likeness (QED) is 0.899. The highest BCUT2D eigenvalue weighted by Crippen LogP contribution is 2.22. The first-order chi connectivity index (χ1) is 9.47. The molecule has 2 rings (SSSR count). The monoisotopic (exact) mass is 297 g/mol. The van der Waals surface area contributed by atoms with Crippen LogP contribution in [0.1, 0.15) is 15.9 Å². The van der Waals surface area contributed by atoms with Crippen molar-refractivity contribution in [3.05, 3.63) is 64.2 Å². The molecule has 20 heavy (non-hydrogen) atoms. The van der Waals surface area contributed by atoms with Gasteiger partial charge < -0.3 is 10.4 Å². The summed E-state index contributed by atoms with van der Waals surface area (Å²) >= 11 is 5.79. The Hall–Kier alpha value is -2.14. The van der Waals surface area contributed by atoms with Crippen molar-refractivity contribution in [2.45, 2.75) is 6.54 Å². The van der Waals surface area contributed by atoms with E-state index in [1.165, 1.54) is 18.2 Å². The number of aromatic carboxylic acids is 1. The van der Waals surface area contributed by atoms with Crippen LogP contribution in [0.25, 0.3) is 0 Å². The van der Waals surface area contributed by atoms with Gasteiger partial charge >= 0.3 is 5.97 Å². The Bertz CT molecular complexity index is 662. The lowest BCUT2D eigenvalue weighted by molar-refractivity contribution is 0.0698. The third kappa shape index (κ3) is 3.24. The minimum atomic E-state index is -1.14. The average molecular weight is 298 g/mol. The van der Waals surface area contributed by atoms with Crippen LogP contribution in [-0.4, -0.2) is 11.1 Å². The van der Waals surface area contributed by atoms with Crippen LogP contribution in [0, 0.1) is 11.6 Å². The van der Waals surface area contributed by atoms with Gasteiger partial charge in [-0.1, -0.05) is 11.6 Å². The van der Waals surface area contributed by atoms with E-state index in [1.54, 1.807) is 0 Å². The molecule has 0 unspecified atom stereocenters. The maximum atomic E-state index is 13.5. The molecule has 0 aromatic heterocycles. The summed E-state index contributed by atoms with van der Waals surface area (Å²) in [5.41, 5.74) is 0.348. The highest BCUT2D eigenvalue weighted by molar-refractivity contribution is 6.31. The summed E-state index contributed by atoms with van der Waals surface area (Å²) < 4.78 is 26.5. The molecule has 2 N–H and O–H groups in total. The zero-order valence-corrected chi connectivity index (χ0v) is 10.9. The van der Waals surface area contributed by atoms with Crippen molar-refractivity contribution in [2.24, 2.45) is 0 Å². The van der Waals surface area contributed by atoms with Gasteiger partial charge in [0.15, 0.2) is 0 Å². The SMILES string of the molecule is O=C(O)c1ccc(Cl)cc1NCc1cc(F)ccc1F. The molecule has 0 saturated heterocycles. The van der Waals surface area contributed by atoms with Gasteiger partial charge in [0.2, 0.25) is 0 Å². The second-order valence-electron chi connectivity index (χ2n) is 4.08. The Kier molecular flexibility index (Phi) is 4.20. The van der Waals surface area contributed by atoms with E-state index in [0.29, 0.717) is 5.02 Å². The Morgan fingerprint density at radius 1 is 1.20 bits per heavy atom. The molecule has 0 saturated carbocycles. The van der Waals surface area contributed by atoms with E-state index in [2.05, 4.69) is 5.32 Å². The fourth-order valence-electron chi connectivity index (χ4n) is 1.72. The van der Waals surface area contributed by atoms with Gasteiger partial charge in [0.25, 0.3) is 0 Å². The number of hydrogen-bond donors (Lipinski definition) is 2. The van der Waals surface area contributed by atoms with E-state index in [0.717, 1.165) is 18.2 Å². The zero-order chi connectivity index (χ0) is 14.7. The number of hydrogen-bond acceptors (Lipinski definition) is 2. The summed E-state index contributed by atoms with van der Waals surface area (Å²) in [7, 11) is 0. The maximum absolute atomic E-state index is 13.5. The van der Waals surface area contributed by atoms with Crippen LogP contribution < -0.4 is 5.32 Å². The summed E-state index contributed by atoms with van der Waals surface area (Å²) in [5.74, 6) is -2.27. The van der Waals surface area contributed by atoms with Crippen LogP contribution >= 0.6 is 11.6 Å². The third-order valence-corrected chi connectivity index (χ3v) is 2.92. The molecule has 0 atom stereocenters. The molecule has 0 amide bonds. The second-order valence-corrected chi connectivity index (χ2v) is 4.52. The summed E-state index contributed by atoms with van der Waals surface area (Å²) in [6.07, 6.45) is 0. The van der Waals surface area contributed by atoms with Gasteiger partial charge in [0.05, 0.1) is 11.3 Å². The molecule has 0 aliphatic rings. The molecule has 6 heteroatoms. The normalized spacial score (nSPS) is 10.3. The second kappa shape index (κ2) is 5.88. The van der Waals surface area contributed by atoms with Crippen LogP contribution in [0.2, 0.25) is 5.02 Å². The molecule has 3 nitrogen and oxygen atoms in total. The van der Waals surface area contributed by atoms with Crippen LogP contribution in [0.15, 0.2) is 36.4 Å². The lowest BCUT2D eigenvalue weighted by Gasteiger charge is -2.11. The topological polar surface area (TPSA) is 49.3 Å². The lowest BCUT2D eigenvalue weighted by atomic mass is 10.1. The van der Waals surface area contributed by atoms with Crippen LogP contribution in [0.4, 0.5) is 14.5 Å². The molecule has 0 fully saturated rings. The van der Waals surface area contributed by atoms with Crippen molar-refractivity contribution in [1.82, 2.24) is 0 Å². The Morgan fingerprint density at radius 2 is 1.95 bits per heavy atom. The number of carbonyl (C=O) groups is 1. The van der Waals surface area contributed by atoms with Crippen molar-refractivity contribution >= 4 is 23.3 Å². The smallest absolute Gasteiger partial charge is 0.337 e. The van der Waals surface area contributed by atoms with Crippen LogP contribution in [-0.2, 0) is 6.54 Å². The van der Waals surface area contributed by atoms with Crippen molar-refractivity contribution < 1.29 is 18.7 Å². The summed E-state index contributed by atoms with van der Waals surface area (Å²) in [6.45, 7) is -0.0514. The molecule has 104 valence electrons. The number of nitrogens with one attached hydrogen (secondary N) is 1. The largest absolute Gasteiger partial charge is 0.478 e. The molecule has 0 heterocycles. The van der Waals surface area contributed by atoms with E-state index in [9.17, 15) is 13.6 Å². The molecule has 2 aromatic carbocycles. The molecule has 0 aliphatic heterocycles. The average Bonchev–Trinajstić information content (AvgIpc) is 2.39. The number of anilines is 1. The molecule has 0 radical (unpaired) electrons. The van der Waals surface area contributed by atoms with Gasteiger partial charge in [-0.3, -0.25) is 0 Å². The van der Waals surface area contributed by atoms with Gasteiger partial charge in [-0.2, -0.15) is 0 Å². The molecule has 0 aliphatic carbocycles. The van der Waals surface area contributed by atoms with E-state index < -0.39 is 17.6 Å². The van der Waals surface area contributed by atoms with Crippen molar-refractivity contribution in [2.75, 3.05) is 5.32 Å². The number of carboxylic acid groups (broad SMARTS) is 1. The predicted octanol–water partition coefficient (Wildman–Crippen LogP) is 3.93. The number of halogens is 3. The van der Waals surface area contributed by atoms with E-state index >= 15 is 0 Å². The molecule has 2 aromatic rings. The van der Waals surface area contributed by atoms with Gasteiger partial charge in [0, 0.05) is 17.1 Å².